The third kappa shape index (κ3) is 5.24. The molecule has 1 aliphatic heterocycles. The van der Waals surface area contributed by atoms with Crippen molar-refractivity contribution in [2.24, 2.45) is 4.99 Å². The van der Waals surface area contributed by atoms with Crippen LogP contribution in [0, 0.1) is 0 Å². The molecule has 0 saturated carbocycles. The maximum absolute atomic E-state index is 13.4. The summed E-state index contributed by atoms with van der Waals surface area (Å²) in [5, 5.41) is 1.02. The summed E-state index contributed by atoms with van der Waals surface area (Å²) in [6.45, 7) is 4.73. The highest BCUT2D eigenvalue weighted by Gasteiger charge is 2.34. The van der Waals surface area contributed by atoms with Gasteiger partial charge in [0.25, 0.3) is 5.91 Å². The number of hydrogen-bond acceptors (Lipinski definition) is 5. The number of rotatable bonds is 7. The summed E-state index contributed by atoms with van der Waals surface area (Å²) in [4.78, 5) is 20.3. The van der Waals surface area contributed by atoms with Gasteiger partial charge in [-0.15, -0.1) is 0 Å². The normalized spacial score (nSPS) is 16.0. The first-order chi connectivity index (χ1) is 16.1. The molecule has 1 amide bonds. The molecule has 1 fully saturated rings. The van der Waals surface area contributed by atoms with Crippen LogP contribution in [0.1, 0.15) is 19.4 Å². The van der Waals surface area contributed by atoms with Crippen LogP contribution >= 0.6 is 23.4 Å². The summed E-state index contributed by atoms with van der Waals surface area (Å²) in [6, 6.07) is 22.7. The average molecular weight is 479 g/mol. The van der Waals surface area contributed by atoms with Gasteiger partial charge in [0.05, 0.1) is 34.5 Å². The number of hydrogen-bond donors (Lipinski definition) is 0. The Morgan fingerprint density at radius 3 is 2.30 bits per heavy atom. The lowest BCUT2D eigenvalue weighted by molar-refractivity contribution is -0.113. The van der Waals surface area contributed by atoms with E-state index in [-0.39, 0.29) is 5.91 Å². The van der Waals surface area contributed by atoms with Gasteiger partial charge in [-0.05, 0) is 73.6 Å². The second kappa shape index (κ2) is 10.6. The van der Waals surface area contributed by atoms with Crippen molar-refractivity contribution in [3.05, 3.63) is 88.3 Å². The van der Waals surface area contributed by atoms with Crippen molar-refractivity contribution in [2.45, 2.75) is 13.8 Å². The predicted octanol–water partition coefficient (Wildman–Crippen LogP) is 6.95. The molecule has 0 aromatic heterocycles. The van der Waals surface area contributed by atoms with Crippen molar-refractivity contribution in [1.82, 2.24) is 0 Å². The highest BCUT2D eigenvalue weighted by molar-refractivity contribution is 8.19. The van der Waals surface area contributed by atoms with Crippen LogP contribution in [0.5, 0.6) is 11.5 Å². The summed E-state index contributed by atoms with van der Waals surface area (Å²) in [7, 11) is 0. The molecule has 1 aliphatic rings. The monoisotopic (exact) mass is 478 g/mol. The first-order valence-corrected chi connectivity index (χ1v) is 11.8. The van der Waals surface area contributed by atoms with Crippen molar-refractivity contribution in [2.75, 3.05) is 18.1 Å². The number of nitrogens with zero attached hydrogens (tertiary/aromatic N) is 2. The second-order valence-electron chi connectivity index (χ2n) is 7.01. The van der Waals surface area contributed by atoms with Gasteiger partial charge in [0.15, 0.2) is 16.7 Å². The summed E-state index contributed by atoms with van der Waals surface area (Å²) in [5.41, 5.74) is 2.28. The minimum Gasteiger partial charge on any atom is -0.490 e. The second-order valence-corrected chi connectivity index (χ2v) is 8.43. The lowest BCUT2D eigenvalue weighted by Gasteiger charge is -2.15. The Balaban J connectivity index is 1.75. The smallest absolute Gasteiger partial charge is 0.271 e. The van der Waals surface area contributed by atoms with Crippen molar-refractivity contribution < 1.29 is 14.3 Å². The standard InChI is InChI=1S/C26H23ClN2O3S/c1-3-31-22-16-18(15-21(27)24(22)32-4-2)17-23-25(30)29(20-13-9-6-10-14-20)26(33-23)28-19-11-7-5-8-12-19/h5-17H,3-4H2,1-2H3/b23-17+,28-26?. The van der Waals surface area contributed by atoms with Crippen LogP contribution in [-0.4, -0.2) is 24.3 Å². The number of amidine groups is 1. The topological polar surface area (TPSA) is 51.1 Å². The van der Waals surface area contributed by atoms with Gasteiger partial charge in [0, 0.05) is 0 Å². The van der Waals surface area contributed by atoms with E-state index in [0.717, 1.165) is 16.9 Å². The first-order valence-electron chi connectivity index (χ1n) is 10.6. The SMILES string of the molecule is CCOc1cc(/C=C2/SC(=Nc3ccccc3)N(c3ccccc3)C2=O)cc(Cl)c1OCC. The van der Waals surface area contributed by atoms with Crippen LogP contribution in [0.2, 0.25) is 5.02 Å². The highest BCUT2D eigenvalue weighted by atomic mass is 35.5. The fraction of sp³-hybridized carbons (Fsp3) is 0.154. The number of carbonyl (C=O) groups excluding carboxylic acids is 1. The predicted molar refractivity (Wildman–Crippen MR) is 137 cm³/mol. The maximum atomic E-state index is 13.4. The molecular weight excluding hydrogens is 456 g/mol. The molecule has 5 nitrogen and oxygen atoms in total. The van der Waals surface area contributed by atoms with E-state index in [2.05, 4.69) is 0 Å². The summed E-state index contributed by atoms with van der Waals surface area (Å²) < 4.78 is 11.4. The quantitative estimate of drug-likeness (QED) is 0.345. The van der Waals surface area contributed by atoms with E-state index in [1.54, 1.807) is 17.0 Å². The fourth-order valence-electron chi connectivity index (χ4n) is 3.34. The van der Waals surface area contributed by atoms with Crippen LogP contribution in [0.4, 0.5) is 11.4 Å². The fourth-order valence-corrected chi connectivity index (χ4v) is 4.61. The lowest BCUT2D eigenvalue weighted by Crippen LogP contribution is -2.28. The number of halogens is 1. The molecule has 0 N–H and O–H groups in total. The van der Waals surface area contributed by atoms with E-state index >= 15 is 0 Å². The van der Waals surface area contributed by atoms with E-state index in [0.29, 0.717) is 39.8 Å². The van der Waals surface area contributed by atoms with E-state index in [4.69, 9.17) is 26.1 Å². The Bertz CT molecular complexity index is 1200. The molecule has 0 unspecified atom stereocenters. The van der Waals surface area contributed by atoms with Gasteiger partial charge in [-0.2, -0.15) is 0 Å². The molecule has 1 heterocycles. The summed E-state index contributed by atoms with van der Waals surface area (Å²) in [5.74, 6) is 0.905. The lowest BCUT2D eigenvalue weighted by atomic mass is 10.1. The molecule has 4 rings (SSSR count). The zero-order valence-corrected chi connectivity index (χ0v) is 19.9. The molecule has 0 spiro atoms. The van der Waals surface area contributed by atoms with Gasteiger partial charge in [-0.1, -0.05) is 48.0 Å². The number of ether oxygens (including phenoxy) is 2. The van der Waals surface area contributed by atoms with Crippen LogP contribution in [0.15, 0.2) is 82.7 Å². The number of thioether (sulfide) groups is 1. The Morgan fingerprint density at radius 2 is 1.64 bits per heavy atom. The third-order valence-electron chi connectivity index (χ3n) is 4.72. The number of anilines is 1. The van der Waals surface area contributed by atoms with Crippen molar-refractivity contribution in [3.63, 3.8) is 0 Å². The average Bonchev–Trinajstić information content (AvgIpc) is 3.12. The van der Waals surface area contributed by atoms with E-state index in [1.807, 2.05) is 80.6 Å². The number of para-hydroxylation sites is 2. The molecule has 0 bridgehead atoms. The molecule has 0 radical (unpaired) electrons. The minimum atomic E-state index is -0.149. The zero-order chi connectivity index (χ0) is 23.2. The van der Waals surface area contributed by atoms with Gasteiger partial charge in [0.2, 0.25) is 0 Å². The minimum absolute atomic E-state index is 0.149. The van der Waals surface area contributed by atoms with E-state index < -0.39 is 0 Å². The summed E-state index contributed by atoms with van der Waals surface area (Å²) >= 11 is 7.79. The number of carbonyl (C=O) groups is 1. The maximum Gasteiger partial charge on any atom is 0.271 e. The van der Waals surface area contributed by atoms with Crippen molar-refractivity contribution >= 4 is 51.9 Å². The molecule has 3 aromatic carbocycles. The molecular formula is C26H23ClN2O3S. The van der Waals surface area contributed by atoms with Crippen LogP contribution in [-0.2, 0) is 4.79 Å². The molecule has 1 saturated heterocycles. The highest BCUT2D eigenvalue weighted by Crippen LogP contribution is 2.40. The molecule has 168 valence electrons. The number of aliphatic imine (C=N–C) groups is 1. The van der Waals surface area contributed by atoms with Crippen LogP contribution in [0.3, 0.4) is 0 Å². The zero-order valence-electron chi connectivity index (χ0n) is 18.3. The molecule has 0 aliphatic carbocycles. The summed E-state index contributed by atoms with van der Waals surface area (Å²) in [6.07, 6.45) is 1.81. The van der Waals surface area contributed by atoms with Gasteiger partial charge in [-0.3, -0.25) is 9.69 Å². The Kier molecular flexibility index (Phi) is 7.37. The molecule has 3 aromatic rings. The molecule has 0 atom stereocenters. The molecule has 33 heavy (non-hydrogen) atoms. The van der Waals surface area contributed by atoms with Gasteiger partial charge in [0.1, 0.15) is 0 Å². The van der Waals surface area contributed by atoms with Crippen molar-refractivity contribution in [1.29, 1.82) is 0 Å². The largest absolute Gasteiger partial charge is 0.490 e. The van der Waals surface area contributed by atoms with E-state index in [1.165, 1.54) is 11.8 Å². The number of benzene rings is 3. The van der Waals surface area contributed by atoms with E-state index in [9.17, 15) is 4.79 Å². The van der Waals surface area contributed by atoms with Gasteiger partial charge in [-0.25, -0.2) is 4.99 Å². The number of amides is 1. The third-order valence-corrected chi connectivity index (χ3v) is 5.97. The molecule has 7 heteroatoms. The Hall–Kier alpha value is -3.22. The first kappa shape index (κ1) is 23.0. The van der Waals surface area contributed by atoms with Crippen molar-refractivity contribution in [3.8, 4) is 11.5 Å². The van der Waals surface area contributed by atoms with Gasteiger partial charge < -0.3 is 9.47 Å². The Morgan fingerprint density at radius 1 is 0.970 bits per heavy atom. The van der Waals surface area contributed by atoms with Gasteiger partial charge >= 0.3 is 0 Å². The Labute approximate surface area is 202 Å². The van der Waals surface area contributed by atoms with Crippen LogP contribution in [0.25, 0.3) is 6.08 Å². The van der Waals surface area contributed by atoms with Crippen LogP contribution < -0.4 is 14.4 Å².